The molecule has 5 nitrogen and oxygen atoms in total. The standard InChI is InChI=1S/C24H48N2O3/c1-3-5-6-7-8-9-10-11-12-13-14-15-16-17-18-20-23(27)26-21-24(28)29-22(25)19-4-2/h22H,3-21,25H2,1-2H3,(H,26,27). The predicted octanol–water partition coefficient (Wildman–Crippen LogP) is 5.99. The van der Waals surface area contributed by atoms with E-state index in [0.29, 0.717) is 12.8 Å². The van der Waals surface area contributed by atoms with Crippen molar-refractivity contribution in [2.75, 3.05) is 6.54 Å². The van der Waals surface area contributed by atoms with Gasteiger partial charge in [-0.25, -0.2) is 0 Å². The number of rotatable bonds is 21. The number of nitrogens with two attached hydrogens (primary N) is 1. The van der Waals surface area contributed by atoms with Crippen LogP contribution in [0.2, 0.25) is 0 Å². The van der Waals surface area contributed by atoms with Crippen molar-refractivity contribution < 1.29 is 14.3 Å². The van der Waals surface area contributed by atoms with Crippen molar-refractivity contribution in [3.63, 3.8) is 0 Å². The zero-order valence-electron chi connectivity index (χ0n) is 19.3. The predicted molar refractivity (Wildman–Crippen MR) is 122 cm³/mol. The van der Waals surface area contributed by atoms with Crippen molar-refractivity contribution in [3.05, 3.63) is 0 Å². The molecule has 0 aliphatic heterocycles. The van der Waals surface area contributed by atoms with Gasteiger partial charge in [-0.1, -0.05) is 110 Å². The van der Waals surface area contributed by atoms with Gasteiger partial charge in [-0.2, -0.15) is 0 Å². The van der Waals surface area contributed by atoms with Crippen LogP contribution in [-0.2, 0) is 14.3 Å². The molecule has 0 spiro atoms. The molecule has 0 aliphatic carbocycles. The molecule has 5 heteroatoms. The number of amides is 1. The Morgan fingerprint density at radius 2 is 1.17 bits per heavy atom. The van der Waals surface area contributed by atoms with Gasteiger partial charge in [0.15, 0.2) is 6.23 Å². The van der Waals surface area contributed by atoms with Crippen molar-refractivity contribution in [1.82, 2.24) is 5.32 Å². The number of carbonyl (C=O) groups excluding carboxylic acids is 2. The van der Waals surface area contributed by atoms with Crippen LogP contribution in [0.3, 0.4) is 0 Å². The highest BCUT2D eigenvalue weighted by atomic mass is 16.6. The highest BCUT2D eigenvalue weighted by Gasteiger charge is 2.10. The lowest BCUT2D eigenvalue weighted by Gasteiger charge is -2.12. The Hall–Kier alpha value is -1.10. The third kappa shape index (κ3) is 21.4. The Kier molecular flexibility index (Phi) is 20.8. The summed E-state index contributed by atoms with van der Waals surface area (Å²) in [5.41, 5.74) is 5.63. The Morgan fingerprint density at radius 1 is 0.724 bits per heavy atom. The lowest BCUT2D eigenvalue weighted by Crippen LogP contribution is -2.35. The van der Waals surface area contributed by atoms with Crippen LogP contribution in [0.4, 0.5) is 0 Å². The first-order valence-electron chi connectivity index (χ1n) is 12.3. The number of unbranched alkanes of at least 4 members (excludes halogenated alkanes) is 14. The minimum absolute atomic E-state index is 0.0827. The SMILES string of the molecule is CCCCCCCCCCCCCCCCCC(=O)NCC(=O)OC(N)CCC. The molecule has 1 amide bonds. The third-order valence-electron chi connectivity index (χ3n) is 5.29. The molecule has 0 aromatic carbocycles. The summed E-state index contributed by atoms with van der Waals surface area (Å²) >= 11 is 0. The molecule has 0 saturated heterocycles. The molecule has 29 heavy (non-hydrogen) atoms. The van der Waals surface area contributed by atoms with E-state index in [1.807, 2.05) is 6.92 Å². The molecule has 0 aromatic rings. The van der Waals surface area contributed by atoms with Crippen molar-refractivity contribution in [3.8, 4) is 0 Å². The smallest absolute Gasteiger partial charge is 0.326 e. The molecule has 1 atom stereocenters. The van der Waals surface area contributed by atoms with Gasteiger partial charge >= 0.3 is 5.97 Å². The van der Waals surface area contributed by atoms with Gasteiger partial charge in [-0.3, -0.25) is 15.3 Å². The number of hydrogen-bond donors (Lipinski definition) is 2. The van der Waals surface area contributed by atoms with Crippen LogP contribution in [0.5, 0.6) is 0 Å². The molecule has 0 saturated carbocycles. The second-order valence-electron chi connectivity index (χ2n) is 8.29. The van der Waals surface area contributed by atoms with E-state index in [9.17, 15) is 9.59 Å². The fourth-order valence-electron chi connectivity index (χ4n) is 3.47. The first-order valence-corrected chi connectivity index (χ1v) is 12.3. The summed E-state index contributed by atoms with van der Waals surface area (Å²) in [6, 6.07) is 0. The van der Waals surface area contributed by atoms with Gasteiger partial charge in [-0.15, -0.1) is 0 Å². The minimum atomic E-state index is -0.569. The molecule has 0 aliphatic rings. The molecule has 0 bridgehead atoms. The van der Waals surface area contributed by atoms with Gasteiger partial charge in [0.2, 0.25) is 5.91 Å². The van der Waals surface area contributed by atoms with E-state index in [2.05, 4.69) is 12.2 Å². The van der Waals surface area contributed by atoms with Crippen LogP contribution in [0.25, 0.3) is 0 Å². The zero-order valence-corrected chi connectivity index (χ0v) is 19.3. The quantitative estimate of drug-likeness (QED) is 0.138. The number of hydrogen-bond acceptors (Lipinski definition) is 4. The van der Waals surface area contributed by atoms with Crippen LogP contribution >= 0.6 is 0 Å². The summed E-state index contributed by atoms with van der Waals surface area (Å²) in [4.78, 5) is 23.3. The number of nitrogens with one attached hydrogen (secondary N) is 1. The average molecular weight is 413 g/mol. The van der Waals surface area contributed by atoms with Crippen molar-refractivity contribution in [1.29, 1.82) is 0 Å². The Labute approximate surface area is 179 Å². The van der Waals surface area contributed by atoms with E-state index in [0.717, 1.165) is 19.3 Å². The molecular formula is C24H48N2O3. The maximum absolute atomic E-state index is 11.7. The van der Waals surface area contributed by atoms with Gasteiger partial charge in [0, 0.05) is 6.42 Å². The van der Waals surface area contributed by atoms with E-state index in [-0.39, 0.29) is 12.5 Å². The van der Waals surface area contributed by atoms with Crippen molar-refractivity contribution >= 4 is 11.9 Å². The summed E-state index contributed by atoms with van der Waals surface area (Å²) in [7, 11) is 0. The molecule has 1 unspecified atom stereocenters. The molecule has 0 fully saturated rings. The fourth-order valence-corrected chi connectivity index (χ4v) is 3.47. The van der Waals surface area contributed by atoms with E-state index >= 15 is 0 Å². The molecule has 3 N–H and O–H groups in total. The Bertz CT molecular complexity index is 388. The van der Waals surface area contributed by atoms with Crippen LogP contribution in [0.1, 0.15) is 129 Å². The topological polar surface area (TPSA) is 81.4 Å². The summed E-state index contributed by atoms with van der Waals surface area (Å²) in [6.07, 6.45) is 21.0. The molecule has 0 rings (SSSR count). The highest BCUT2D eigenvalue weighted by molar-refractivity contribution is 5.81. The van der Waals surface area contributed by atoms with Crippen LogP contribution in [0, 0.1) is 0 Å². The lowest BCUT2D eigenvalue weighted by molar-refractivity contribution is -0.149. The number of carbonyl (C=O) groups is 2. The van der Waals surface area contributed by atoms with Gasteiger partial charge in [0.1, 0.15) is 6.54 Å². The lowest BCUT2D eigenvalue weighted by atomic mass is 10.0. The second kappa shape index (κ2) is 21.6. The van der Waals surface area contributed by atoms with Crippen LogP contribution in [-0.4, -0.2) is 24.6 Å². The summed E-state index contributed by atoms with van der Waals surface area (Å²) < 4.78 is 5.00. The largest absolute Gasteiger partial charge is 0.445 e. The Balaban J connectivity index is 3.29. The van der Waals surface area contributed by atoms with Crippen LogP contribution < -0.4 is 11.1 Å². The normalized spacial score (nSPS) is 12.0. The van der Waals surface area contributed by atoms with E-state index < -0.39 is 12.2 Å². The van der Waals surface area contributed by atoms with Gasteiger partial charge in [0.25, 0.3) is 0 Å². The van der Waals surface area contributed by atoms with Crippen molar-refractivity contribution in [2.45, 2.75) is 136 Å². The maximum Gasteiger partial charge on any atom is 0.326 e. The van der Waals surface area contributed by atoms with Gasteiger partial charge in [-0.05, 0) is 12.8 Å². The first-order chi connectivity index (χ1) is 14.1. The minimum Gasteiger partial charge on any atom is -0.445 e. The van der Waals surface area contributed by atoms with E-state index in [1.165, 1.54) is 83.5 Å². The van der Waals surface area contributed by atoms with Gasteiger partial charge < -0.3 is 10.1 Å². The maximum atomic E-state index is 11.7. The highest BCUT2D eigenvalue weighted by Crippen LogP contribution is 2.13. The Morgan fingerprint density at radius 3 is 1.62 bits per heavy atom. The van der Waals surface area contributed by atoms with Crippen LogP contribution in [0.15, 0.2) is 0 Å². The number of esters is 1. The molecule has 172 valence electrons. The molecule has 0 aromatic heterocycles. The zero-order chi connectivity index (χ0) is 21.6. The fraction of sp³-hybridized carbons (Fsp3) is 0.917. The van der Waals surface area contributed by atoms with E-state index in [4.69, 9.17) is 10.5 Å². The molecule has 0 radical (unpaired) electrons. The number of ether oxygens (including phenoxy) is 1. The molecule has 0 heterocycles. The van der Waals surface area contributed by atoms with E-state index in [1.54, 1.807) is 0 Å². The third-order valence-corrected chi connectivity index (χ3v) is 5.29. The summed E-state index contributed by atoms with van der Waals surface area (Å²) in [6.45, 7) is 4.16. The first kappa shape index (κ1) is 27.9. The van der Waals surface area contributed by atoms with Gasteiger partial charge in [0.05, 0.1) is 0 Å². The monoisotopic (exact) mass is 412 g/mol. The molecular weight excluding hydrogens is 364 g/mol. The van der Waals surface area contributed by atoms with Crippen molar-refractivity contribution in [2.24, 2.45) is 5.73 Å². The average Bonchev–Trinajstić information content (AvgIpc) is 2.69. The second-order valence-corrected chi connectivity index (χ2v) is 8.29. The summed E-state index contributed by atoms with van der Waals surface area (Å²) in [5, 5.41) is 2.61. The summed E-state index contributed by atoms with van der Waals surface area (Å²) in [5.74, 6) is -0.545.